The molecule has 184 valence electrons. The fourth-order valence-corrected chi connectivity index (χ4v) is 4.50. The van der Waals surface area contributed by atoms with Crippen molar-refractivity contribution in [2.45, 2.75) is 59.3 Å². The third-order valence-electron chi connectivity index (χ3n) is 6.15. The van der Waals surface area contributed by atoms with Crippen molar-refractivity contribution in [1.29, 1.82) is 0 Å². The average molecular weight is 475 g/mol. The van der Waals surface area contributed by atoms with E-state index in [1.165, 1.54) is 0 Å². The van der Waals surface area contributed by atoms with Crippen LogP contribution >= 0.6 is 0 Å². The van der Waals surface area contributed by atoms with Gasteiger partial charge in [0.25, 0.3) is 5.56 Å². The minimum absolute atomic E-state index is 0.101. The lowest BCUT2D eigenvalue weighted by atomic mass is 9.98. The van der Waals surface area contributed by atoms with Crippen LogP contribution in [0.5, 0.6) is 5.75 Å². The minimum atomic E-state index is -0.274. The van der Waals surface area contributed by atoms with E-state index in [1.807, 2.05) is 47.1 Å². The molecule has 0 fully saturated rings. The monoisotopic (exact) mass is 474 g/mol. The Morgan fingerprint density at radius 3 is 2.46 bits per heavy atom. The van der Waals surface area contributed by atoms with Gasteiger partial charge in [0.1, 0.15) is 5.75 Å². The molecule has 0 aliphatic rings. The van der Waals surface area contributed by atoms with E-state index in [4.69, 9.17) is 4.74 Å². The molecule has 2 aromatic heterocycles. The Morgan fingerprint density at radius 1 is 1.06 bits per heavy atom. The molecular formula is C27H34N6O2. The summed E-state index contributed by atoms with van der Waals surface area (Å²) < 4.78 is 7.21. The van der Waals surface area contributed by atoms with Gasteiger partial charge in [0.15, 0.2) is 5.82 Å². The van der Waals surface area contributed by atoms with Gasteiger partial charge in [-0.05, 0) is 66.3 Å². The number of nitrogens with zero attached hydrogens (tertiary/aromatic N) is 5. The van der Waals surface area contributed by atoms with Gasteiger partial charge in [0.05, 0.1) is 24.2 Å². The molecule has 2 heterocycles. The van der Waals surface area contributed by atoms with Crippen LogP contribution in [0.2, 0.25) is 0 Å². The van der Waals surface area contributed by atoms with Crippen LogP contribution in [0.25, 0.3) is 10.9 Å². The molecule has 0 unspecified atom stereocenters. The number of methoxy groups -OCH3 is 1. The van der Waals surface area contributed by atoms with Gasteiger partial charge in [-0.15, -0.1) is 5.10 Å². The summed E-state index contributed by atoms with van der Waals surface area (Å²) in [7, 11) is 1.62. The van der Waals surface area contributed by atoms with Crippen molar-refractivity contribution in [2.24, 2.45) is 5.92 Å². The summed E-state index contributed by atoms with van der Waals surface area (Å²) in [6.07, 6.45) is 0. The molecule has 2 aromatic carbocycles. The number of rotatable bonds is 8. The summed E-state index contributed by atoms with van der Waals surface area (Å²) in [4.78, 5) is 18.5. The van der Waals surface area contributed by atoms with Gasteiger partial charge in [0.2, 0.25) is 0 Å². The Labute approximate surface area is 205 Å². The molecule has 4 rings (SSSR count). The zero-order chi connectivity index (χ0) is 25.2. The largest absolute Gasteiger partial charge is 0.497 e. The average Bonchev–Trinajstić information content (AvgIpc) is 3.29. The van der Waals surface area contributed by atoms with Crippen LogP contribution in [0, 0.1) is 5.92 Å². The number of hydrogen-bond acceptors (Lipinski definition) is 6. The van der Waals surface area contributed by atoms with Gasteiger partial charge in [-0.25, -0.2) is 4.68 Å². The van der Waals surface area contributed by atoms with E-state index < -0.39 is 0 Å². The van der Waals surface area contributed by atoms with E-state index in [1.54, 1.807) is 7.11 Å². The summed E-state index contributed by atoms with van der Waals surface area (Å²) in [6.45, 7) is 11.7. The number of H-pyrrole nitrogens is 1. The fourth-order valence-electron chi connectivity index (χ4n) is 4.50. The van der Waals surface area contributed by atoms with Crippen LogP contribution in [0.1, 0.15) is 57.6 Å². The Morgan fingerprint density at radius 2 is 1.80 bits per heavy atom. The first-order valence-corrected chi connectivity index (χ1v) is 11.9. The molecule has 0 saturated carbocycles. The lowest BCUT2D eigenvalue weighted by molar-refractivity contribution is 0.120. The number of aromatic amines is 1. The number of nitrogens with one attached hydrogen (secondary N) is 1. The second-order valence-electron chi connectivity index (χ2n) is 10.3. The molecule has 0 aliphatic heterocycles. The van der Waals surface area contributed by atoms with Crippen LogP contribution in [0.3, 0.4) is 0 Å². The van der Waals surface area contributed by atoms with Crippen LogP contribution in [0.4, 0.5) is 0 Å². The maximum absolute atomic E-state index is 13.2. The SMILES string of the molecule is COc1ccc2cc(CN(Cc3ccccc3)[C@H](c3nnnn3C(C)(C)C)C(C)C)c(=O)[nH]c2c1. The van der Waals surface area contributed by atoms with E-state index in [9.17, 15) is 4.79 Å². The maximum atomic E-state index is 13.2. The van der Waals surface area contributed by atoms with Crippen LogP contribution in [-0.2, 0) is 18.6 Å². The zero-order valence-electron chi connectivity index (χ0n) is 21.3. The number of aromatic nitrogens is 5. The highest BCUT2D eigenvalue weighted by molar-refractivity contribution is 5.80. The highest BCUT2D eigenvalue weighted by Crippen LogP contribution is 2.32. The summed E-state index contributed by atoms with van der Waals surface area (Å²) in [5, 5.41) is 13.8. The van der Waals surface area contributed by atoms with Gasteiger partial charge in [-0.1, -0.05) is 44.2 Å². The van der Waals surface area contributed by atoms with Gasteiger partial charge < -0.3 is 9.72 Å². The smallest absolute Gasteiger partial charge is 0.252 e. The van der Waals surface area contributed by atoms with E-state index >= 15 is 0 Å². The lowest BCUT2D eigenvalue weighted by Crippen LogP contribution is -2.37. The number of tetrazole rings is 1. The van der Waals surface area contributed by atoms with E-state index in [-0.39, 0.29) is 23.1 Å². The molecular weight excluding hydrogens is 440 g/mol. The van der Waals surface area contributed by atoms with E-state index in [0.717, 1.165) is 22.3 Å². The first kappa shape index (κ1) is 24.6. The Kier molecular flexibility index (Phi) is 7.03. The molecule has 1 N–H and O–H groups in total. The molecule has 4 aromatic rings. The van der Waals surface area contributed by atoms with Gasteiger partial charge >= 0.3 is 0 Å². The van der Waals surface area contributed by atoms with Crippen LogP contribution < -0.4 is 10.3 Å². The molecule has 35 heavy (non-hydrogen) atoms. The first-order chi connectivity index (χ1) is 16.7. The minimum Gasteiger partial charge on any atom is -0.497 e. The Balaban J connectivity index is 1.79. The predicted molar refractivity (Wildman–Crippen MR) is 137 cm³/mol. The van der Waals surface area contributed by atoms with E-state index in [0.29, 0.717) is 24.4 Å². The van der Waals surface area contributed by atoms with Crippen molar-refractivity contribution in [1.82, 2.24) is 30.1 Å². The van der Waals surface area contributed by atoms with Crippen LogP contribution in [0.15, 0.2) is 59.4 Å². The summed E-state index contributed by atoms with van der Waals surface area (Å²) in [5.41, 5.74) is 2.23. The van der Waals surface area contributed by atoms with Crippen molar-refractivity contribution < 1.29 is 4.74 Å². The zero-order valence-corrected chi connectivity index (χ0v) is 21.3. The first-order valence-electron chi connectivity index (χ1n) is 11.9. The third-order valence-corrected chi connectivity index (χ3v) is 6.15. The third kappa shape index (κ3) is 5.43. The quantitative estimate of drug-likeness (QED) is 0.399. The normalized spacial score (nSPS) is 13.0. The summed E-state index contributed by atoms with van der Waals surface area (Å²) in [5.74, 6) is 1.71. The van der Waals surface area contributed by atoms with E-state index in [2.05, 4.69) is 72.2 Å². The fraction of sp³-hybridized carbons (Fsp3) is 0.407. The number of benzene rings is 2. The van der Waals surface area contributed by atoms with Crippen molar-refractivity contribution in [3.05, 3.63) is 81.9 Å². The summed E-state index contributed by atoms with van der Waals surface area (Å²) in [6, 6.07) is 17.9. The van der Waals surface area contributed by atoms with Crippen molar-refractivity contribution >= 4 is 10.9 Å². The Hall–Kier alpha value is -3.52. The number of fused-ring (bicyclic) bond motifs is 1. The van der Waals surface area contributed by atoms with Gasteiger partial charge in [0, 0.05) is 24.7 Å². The molecule has 0 amide bonds. The highest BCUT2D eigenvalue weighted by atomic mass is 16.5. The van der Waals surface area contributed by atoms with Crippen LogP contribution in [-0.4, -0.2) is 37.2 Å². The Bertz CT molecular complexity index is 1340. The van der Waals surface area contributed by atoms with Gasteiger partial charge in [-0.3, -0.25) is 9.69 Å². The molecule has 0 aliphatic carbocycles. The molecule has 8 nitrogen and oxygen atoms in total. The molecule has 0 saturated heterocycles. The second kappa shape index (κ2) is 10.00. The molecule has 1 atom stereocenters. The van der Waals surface area contributed by atoms with Crippen molar-refractivity contribution in [3.8, 4) is 5.75 Å². The molecule has 0 radical (unpaired) electrons. The molecule has 8 heteroatoms. The number of ether oxygens (including phenoxy) is 1. The number of pyridine rings is 1. The topological polar surface area (TPSA) is 88.9 Å². The standard InChI is InChI=1S/C27H34N6O2/c1-18(2)24(25-29-30-31-33(25)27(3,4)5)32(16-19-10-8-7-9-11-19)17-21-14-20-12-13-22(35-6)15-23(20)28-26(21)34/h7-15,18,24H,16-17H2,1-6H3,(H,28,34)/t24-/m0/s1. The second-order valence-corrected chi connectivity index (χ2v) is 10.3. The van der Waals surface area contributed by atoms with Gasteiger partial charge in [-0.2, -0.15) is 0 Å². The molecule has 0 spiro atoms. The maximum Gasteiger partial charge on any atom is 0.252 e. The molecule has 0 bridgehead atoms. The van der Waals surface area contributed by atoms with Crippen molar-refractivity contribution in [2.75, 3.05) is 7.11 Å². The predicted octanol–water partition coefficient (Wildman–Crippen LogP) is 4.68. The highest BCUT2D eigenvalue weighted by Gasteiger charge is 2.32. The summed E-state index contributed by atoms with van der Waals surface area (Å²) >= 11 is 0. The lowest BCUT2D eigenvalue weighted by Gasteiger charge is -2.35. The number of hydrogen-bond donors (Lipinski definition) is 1. The van der Waals surface area contributed by atoms with Crippen molar-refractivity contribution in [3.63, 3.8) is 0 Å².